The zero-order valence-electron chi connectivity index (χ0n) is 15.0. The highest BCUT2D eigenvalue weighted by molar-refractivity contribution is 8.00. The van der Waals surface area contributed by atoms with Crippen LogP contribution in [0.5, 0.6) is 0 Å². The van der Waals surface area contributed by atoms with Crippen LogP contribution in [0.15, 0.2) is 84.0 Å². The molecule has 0 fully saturated rings. The predicted molar refractivity (Wildman–Crippen MR) is 120 cm³/mol. The Hall–Kier alpha value is -2.60. The highest BCUT2D eigenvalue weighted by Crippen LogP contribution is 2.38. The van der Waals surface area contributed by atoms with Gasteiger partial charge in [0.2, 0.25) is 5.91 Å². The second-order valence-corrected chi connectivity index (χ2v) is 8.26. The molecule has 0 aliphatic rings. The van der Waals surface area contributed by atoms with Gasteiger partial charge in [0.25, 0.3) is 0 Å². The van der Waals surface area contributed by atoms with Gasteiger partial charge in [0.05, 0.1) is 6.20 Å². The third-order valence-corrected chi connectivity index (χ3v) is 5.92. The summed E-state index contributed by atoms with van der Waals surface area (Å²) in [6, 6.07) is 22.3. The largest absolute Gasteiger partial charge is 0.325 e. The molecule has 0 bridgehead atoms. The third-order valence-electron chi connectivity index (χ3n) is 4.24. The molecular formula is C22H15Cl2N3OS. The van der Waals surface area contributed by atoms with E-state index in [9.17, 15) is 4.79 Å². The number of fused-ring (bicyclic) bond motifs is 1. The van der Waals surface area contributed by atoms with Gasteiger partial charge in [-0.3, -0.25) is 4.79 Å². The topological polar surface area (TPSA) is 54.9 Å². The summed E-state index contributed by atoms with van der Waals surface area (Å²) in [4.78, 5) is 13.2. The summed E-state index contributed by atoms with van der Waals surface area (Å²) in [5, 5.41) is 14.3. The van der Waals surface area contributed by atoms with E-state index in [1.54, 1.807) is 24.4 Å². The summed E-state index contributed by atoms with van der Waals surface area (Å²) in [6.07, 6.45) is 1.71. The third kappa shape index (κ3) is 4.70. The zero-order valence-corrected chi connectivity index (χ0v) is 17.4. The summed E-state index contributed by atoms with van der Waals surface area (Å²) in [7, 11) is 0. The number of hydrogen-bond donors (Lipinski definition) is 1. The lowest BCUT2D eigenvalue weighted by Gasteiger charge is -2.17. The molecule has 1 N–H and O–H groups in total. The number of amides is 1. The van der Waals surface area contributed by atoms with Gasteiger partial charge in [0.15, 0.2) is 0 Å². The molecule has 0 aliphatic heterocycles. The average Bonchev–Trinajstić information content (AvgIpc) is 2.72. The molecule has 7 heteroatoms. The molecule has 1 heterocycles. The zero-order chi connectivity index (χ0) is 20.2. The van der Waals surface area contributed by atoms with Crippen molar-refractivity contribution in [3.8, 4) is 0 Å². The Labute approximate surface area is 182 Å². The Morgan fingerprint density at radius 3 is 2.38 bits per heavy atom. The van der Waals surface area contributed by atoms with Crippen LogP contribution in [0.2, 0.25) is 10.0 Å². The summed E-state index contributed by atoms with van der Waals surface area (Å²) < 4.78 is 0. The van der Waals surface area contributed by atoms with Gasteiger partial charge in [-0.25, -0.2) is 0 Å². The Balaban J connectivity index is 1.69. The fourth-order valence-electron chi connectivity index (χ4n) is 2.93. The number of aromatic nitrogens is 2. The molecular weight excluding hydrogens is 425 g/mol. The Kier molecular flexibility index (Phi) is 6.00. The molecule has 3 aromatic carbocycles. The van der Waals surface area contributed by atoms with Crippen molar-refractivity contribution in [3.63, 3.8) is 0 Å². The SMILES string of the molecule is O=C(Nc1cc(Cl)cc(Cl)c1)[C@@H](Sc1nncc2ccccc12)c1ccccc1. The lowest BCUT2D eigenvalue weighted by molar-refractivity contribution is -0.115. The van der Waals surface area contributed by atoms with E-state index >= 15 is 0 Å². The lowest BCUT2D eigenvalue weighted by atomic mass is 10.1. The molecule has 29 heavy (non-hydrogen) atoms. The van der Waals surface area contributed by atoms with Crippen LogP contribution >= 0.6 is 35.0 Å². The van der Waals surface area contributed by atoms with Gasteiger partial charge in [0, 0.05) is 26.5 Å². The van der Waals surface area contributed by atoms with Gasteiger partial charge < -0.3 is 5.32 Å². The Morgan fingerprint density at radius 1 is 0.931 bits per heavy atom. The van der Waals surface area contributed by atoms with E-state index in [-0.39, 0.29) is 5.91 Å². The van der Waals surface area contributed by atoms with Crippen molar-refractivity contribution in [1.29, 1.82) is 0 Å². The molecule has 0 spiro atoms. The van der Waals surface area contributed by atoms with Crippen LogP contribution in [0.4, 0.5) is 5.69 Å². The molecule has 0 aliphatic carbocycles. The average molecular weight is 440 g/mol. The molecule has 1 atom stereocenters. The van der Waals surface area contributed by atoms with E-state index < -0.39 is 5.25 Å². The highest BCUT2D eigenvalue weighted by Gasteiger charge is 2.24. The molecule has 1 aromatic heterocycles. The minimum absolute atomic E-state index is 0.200. The van der Waals surface area contributed by atoms with Gasteiger partial charge >= 0.3 is 0 Å². The lowest BCUT2D eigenvalue weighted by Crippen LogP contribution is -2.19. The van der Waals surface area contributed by atoms with E-state index in [4.69, 9.17) is 23.2 Å². The van der Waals surface area contributed by atoms with Gasteiger partial charge in [-0.05, 0) is 23.8 Å². The maximum Gasteiger partial charge on any atom is 0.242 e. The molecule has 4 aromatic rings. The molecule has 144 valence electrons. The van der Waals surface area contributed by atoms with E-state index in [0.717, 1.165) is 16.3 Å². The van der Waals surface area contributed by atoms with Crippen LogP contribution in [0.1, 0.15) is 10.8 Å². The standard InChI is InChI=1S/C22H15Cl2N3OS/c23-16-10-17(24)12-18(11-16)26-21(28)20(14-6-2-1-3-7-14)29-22-19-9-5-4-8-15(19)13-25-27-22/h1-13,20H,(H,26,28)/t20-/m0/s1. The van der Waals surface area contributed by atoms with Crippen molar-refractivity contribution in [3.05, 3.63) is 94.6 Å². The van der Waals surface area contributed by atoms with Crippen molar-refractivity contribution in [1.82, 2.24) is 10.2 Å². The second-order valence-electron chi connectivity index (χ2n) is 6.29. The summed E-state index contributed by atoms with van der Waals surface area (Å²) in [5.41, 5.74) is 1.40. The number of benzene rings is 3. The van der Waals surface area contributed by atoms with E-state index in [1.807, 2.05) is 54.6 Å². The monoisotopic (exact) mass is 439 g/mol. The fourth-order valence-corrected chi connectivity index (χ4v) is 4.55. The summed E-state index contributed by atoms with van der Waals surface area (Å²) in [5.74, 6) is -0.200. The van der Waals surface area contributed by atoms with Crippen LogP contribution in [0.25, 0.3) is 10.8 Å². The number of rotatable bonds is 5. The first-order valence-corrected chi connectivity index (χ1v) is 10.4. The number of carbonyl (C=O) groups is 1. The van der Waals surface area contributed by atoms with Gasteiger partial charge in [0.1, 0.15) is 10.3 Å². The number of halogens is 2. The van der Waals surface area contributed by atoms with Crippen LogP contribution in [0, 0.1) is 0 Å². The molecule has 1 amide bonds. The van der Waals surface area contributed by atoms with Crippen LogP contribution in [0.3, 0.4) is 0 Å². The molecule has 0 saturated heterocycles. The number of anilines is 1. The first kappa shape index (κ1) is 19.7. The first-order valence-electron chi connectivity index (χ1n) is 8.79. The van der Waals surface area contributed by atoms with Crippen molar-refractivity contribution in [2.24, 2.45) is 0 Å². The maximum absolute atomic E-state index is 13.2. The summed E-state index contributed by atoms with van der Waals surface area (Å²) >= 11 is 13.5. The number of carbonyl (C=O) groups excluding carboxylic acids is 1. The normalized spacial score (nSPS) is 11.9. The molecule has 4 rings (SSSR count). The Bertz CT molecular complexity index is 1150. The van der Waals surface area contributed by atoms with Crippen molar-refractivity contribution in [2.45, 2.75) is 10.3 Å². The second kappa shape index (κ2) is 8.82. The van der Waals surface area contributed by atoms with Crippen molar-refractivity contribution < 1.29 is 4.79 Å². The van der Waals surface area contributed by atoms with E-state index in [1.165, 1.54) is 11.8 Å². The van der Waals surface area contributed by atoms with Crippen LogP contribution < -0.4 is 5.32 Å². The van der Waals surface area contributed by atoms with Gasteiger partial charge in [-0.15, -0.1) is 5.10 Å². The number of thioether (sulfide) groups is 1. The first-order chi connectivity index (χ1) is 14.1. The molecule has 0 saturated carbocycles. The van der Waals surface area contributed by atoms with E-state index in [0.29, 0.717) is 20.8 Å². The molecule has 4 nitrogen and oxygen atoms in total. The van der Waals surface area contributed by atoms with Crippen molar-refractivity contribution >= 4 is 57.3 Å². The minimum atomic E-state index is -0.533. The highest BCUT2D eigenvalue weighted by atomic mass is 35.5. The van der Waals surface area contributed by atoms with E-state index in [2.05, 4.69) is 15.5 Å². The number of nitrogens with zero attached hydrogens (tertiary/aromatic N) is 2. The molecule has 0 unspecified atom stereocenters. The number of hydrogen-bond acceptors (Lipinski definition) is 4. The maximum atomic E-state index is 13.2. The smallest absolute Gasteiger partial charge is 0.242 e. The quantitative estimate of drug-likeness (QED) is 0.365. The summed E-state index contributed by atoms with van der Waals surface area (Å²) in [6.45, 7) is 0. The predicted octanol–water partition coefficient (Wildman–Crippen LogP) is 6.41. The van der Waals surface area contributed by atoms with Crippen LogP contribution in [-0.4, -0.2) is 16.1 Å². The Morgan fingerprint density at radius 2 is 1.62 bits per heavy atom. The van der Waals surface area contributed by atoms with Gasteiger partial charge in [-0.2, -0.15) is 5.10 Å². The van der Waals surface area contributed by atoms with Gasteiger partial charge in [-0.1, -0.05) is 89.6 Å². The van der Waals surface area contributed by atoms with Crippen molar-refractivity contribution in [2.75, 3.05) is 5.32 Å². The minimum Gasteiger partial charge on any atom is -0.325 e. The fraction of sp³-hybridized carbons (Fsp3) is 0.0455. The molecule has 0 radical (unpaired) electrons. The van der Waals surface area contributed by atoms with Crippen LogP contribution in [-0.2, 0) is 4.79 Å². The number of nitrogens with one attached hydrogen (secondary N) is 1.